The second kappa shape index (κ2) is 20.1. The number of rotatable bonds is 7. The fraction of sp³-hybridized carbons (Fsp3) is 0.234. The Labute approximate surface area is 341 Å². The minimum atomic E-state index is -4.29. The largest absolute Gasteiger partial charge is 0.416 e. The molecule has 0 atom stereocenters. The lowest BCUT2D eigenvalue weighted by Crippen LogP contribution is -2.50. The molecular weight excluding hydrogens is 764 g/mol. The molecule has 7 rings (SSSR count). The molecule has 2 aliphatic rings. The fourth-order valence-electron chi connectivity index (χ4n) is 6.84. The van der Waals surface area contributed by atoms with E-state index in [9.17, 15) is 27.2 Å². The van der Waals surface area contributed by atoms with Crippen LogP contribution in [0.4, 0.5) is 17.6 Å². The van der Waals surface area contributed by atoms with Gasteiger partial charge in [0.25, 0.3) is 11.8 Å². The number of nitrogens with zero attached hydrogens (tertiary/aromatic N) is 4. The molecule has 0 aromatic heterocycles. The van der Waals surface area contributed by atoms with Gasteiger partial charge in [0.15, 0.2) is 0 Å². The first-order chi connectivity index (χ1) is 28.0. The summed E-state index contributed by atoms with van der Waals surface area (Å²) in [6.45, 7) is 6.29. The van der Waals surface area contributed by atoms with Gasteiger partial charge in [-0.25, -0.2) is 4.39 Å². The number of piperazine rings is 2. The zero-order valence-corrected chi connectivity index (χ0v) is 32.5. The highest BCUT2D eigenvalue weighted by molar-refractivity contribution is 6.30. The SMILES string of the molecule is FC(F)(F)c1ccc(C=CCN2CCN(C(c3ccccc3)c3ccccc3)CC2)cc1.O=C(C#Cc1ccc(Cl)cc1)N1CCN(C(=O)c2ccc(F)cc2)CC1. The van der Waals surface area contributed by atoms with Crippen LogP contribution in [0.5, 0.6) is 0 Å². The van der Waals surface area contributed by atoms with Gasteiger partial charge in [-0.05, 0) is 77.4 Å². The zero-order valence-electron chi connectivity index (χ0n) is 31.8. The van der Waals surface area contributed by atoms with E-state index < -0.39 is 11.7 Å². The summed E-state index contributed by atoms with van der Waals surface area (Å²) in [5.74, 6) is 4.63. The predicted molar refractivity (Wildman–Crippen MR) is 220 cm³/mol. The summed E-state index contributed by atoms with van der Waals surface area (Å²) in [6, 6.07) is 39.2. The van der Waals surface area contributed by atoms with E-state index in [0.717, 1.165) is 50.4 Å². The molecule has 2 aliphatic heterocycles. The van der Waals surface area contributed by atoms with Crippen LogP contribution >= 0.6 is 11.6 Å². The molecule has 5 aromatic rings. The van der Waals surface area contributed by atoms with Crippen molar-refractivity contribution in [2.45, 2.75) is 12.2 Å². The third kappa shape index (κ3) is 11.9. The highest BCUT2D eigenvalue weighted by Crippen LogP contribution is 2.30. The summed E-state index contributed by atoms with van der Waals surface area (Å²) in [4.78, 5) is 32.8. The number of halogens is 5. The summed E-state index contributed by atoms with van der Waals surface area (Å²) in [7, 11) is 0. The van der Waals surface area contributed by atoms with Crippen LogP contribution in [0, 0.1) is 17.7 Å². The Morgan fingerprint density at radius 3 is 1.78 bits per heavy atom. The molecule has 0 spiro atoms. The topological polar surface area (TPSA) is 47.1 Å². The summed E-state index contributed by atoms with van der Waals surface area (Å²) < 4.78 is 51.0. The minimum absolute atomic E-state index is 0.163. The van der Waals surface area contributed by atoms with Crippen LogP contribution in [-0.2, 0) is 11.0 Å². The van der Waals surface area contributed by atoms with Crippen molar-refractivity contribution in [3.63, 3.8) is 0 Å². The van der Waals surface area contributed by atoms with Crippen LogP contribution in [0.25, 0.3) is 6.08 Å². The molecule has 0 unspecified atom stereocenters. The van der Waals surface area contributed by atoms with Gasteiger partial charge in [-0.2, -0.15) is 13.2 Å². The quantitative estimate of drug-likeness (QED) is 0.122. The lowest BCUT2D eigenvalue weighted by atomic mass is 9.96. The Morgan fingerprint density at radius 2 is 1.22 bits per heavy atom. The molecule has 11 heteroatoms. The van der Waals surface area contributed by atoms with E-state index in [1.807, 2.05) is 24.3 Å². The van der Waals surface area contributed by atoms with Crippen molar-refractivity contribution in [2.24, 2.45) is 0 Å². The number of amides is 2. The summed E-state index contributed by atoms with van der Waals surface area (Å²) in [5.41, 5.74) is 3.92. The Morgan fingerprint density at radius 1 is 0.672 bits per heavy atom. The van der Waals surface area contributed by atoms with Crippen molar-refractivity contribution in [3.05, 3.63) is 184 Å². The van der Waals surface area contributed by atoms with Gasteiger partial charge in [0, 0.05) is 81.0 Å². The van der Waals surface area contributed by atoms with Crippen molar-refractivity contribution >= 4 is 29.5 Å². The van der Waals surface area contributed by atoms with Gasteiger partial charge >= 0.3 is 6.18 Å². The number of carbonyl (C=O) groups is 2. The smallest absolute Gasteiger partial charge is 0.335 e. The third-order valence-corrected chi connectivity index (χ3v) is 10.3. The molecule has 6 nitrogen and oxygen atoms in total. The first-order valence-corrected chi connectivity index (χ1v) is 19.4. The Kier molecular flexibility index (Phi) is 14.5. The second-order valence-electron chi connectivity index (χ2n) is 13.9. The molecule has 5 aromatic carbocycles. The first kappa shape index (κ1) is 41.9. The van der Waals surface area contributed by atoms with E-state index in [1.54, 1.807) is 34.1 Å². The van der Waals surface area contributed by atoms with Crippen LogP contribution < -0.4 is 0 Å². The lowest BCUT2D eigenvalue weighted by Gasteiger charge is -2.39. The number of carbonyl (C=O) groups excluding carboxylic acids is 2. The monoisotopic (exact) mass is 806 g/mol. The van der Waals surface area contributed by atoms with Crippen molar-refractivity contribution in [1.82, 2.24) is 19.6 Å². The average Bonchev–Trinajstić information content (AvgIpc) is 3.25. The van der Waals surface area contributed by atoms with E-state index in [-0.39, 0.29) is 23.7 Å². The van der Waals surface area contributed by atoms with E-state index >= 15 is 0 Å². The molecular formula is C47H43ClF4N4O2. The molecule has 0 saturated carbocycles. The van der Waals surface area contributed by atoms with Crippen LogP contribution in [0.15, 0.2) is 140 Å². The summed E-state index contributed by atoms with van der Waals surface area (Å²) in [6.07, 6.45) is -0.368. The van der Waals surface area contributed by atoms with Gasteiger partial charge in [0.2, 0.25) is 0 Å². The van der Waals surface area contributed by atoms with Crippen LogP contribution in [-0.4, -0.2) is 90.3 Å². The number of hydrogen-bond acceptors (Lipinski definition) is 4. The average molecular weight is 807 g/mol. The molecule has 2 heterocycles. The molecule has 58 heavy (non-hydrogen) atoms. The van der Waals surface area contributed by atoms with Crippen LogP contribution in [0.3, 0.4) is 0 Å². The maximum absolute atomic E-state index is 13.0. The van der Waals surface area contributed by atoms with Gasteiger partial charge in [0.05, 0.1) is 11.6 Å². The highest BCUT2D eigenvalue weighted by atomic mass is 35.5. The molecule has 2 fully saturated rings. The lowest BCUT2D eigenvalue weighted by molar-refractivity contribution is -0.137. The Balaban J connectivity index is 0.000000200. The van der Waals surface area contributed by atoms with E-state index in [0.29, 0.717) is 42.3 Å². The van der Waals surface area contributed by atoms with Gasteiger partial charge in [-0.3, -0.25) is 19.4 Å². The van der Waals surface area contributed by atoms with E-state index in [1.165, 1.54) is 47.5 Å². The summed E-state index contributed by atoms with van der Waals surface area (Å²) >= 11 is 5.81. The maximum Gasteiger partial charge on any atom is 0.416 e. The Hall–Kier alpha value is -5.73. The van der Waals surface area contributed by atoms with E-state index in [4.69, 9.17) is 11.6 Å². The number of hydrogen-bond donors (Lipinski definition) is 0. The number of benzene rings is 5. The zero-order chi connectivity index (χ0) is 40.9. The van der Waals surface area contributed by atoms with Gasteiger partial charge in [-0.1, -0.05) is 102 Å². The minimum Gasteiger partial charge on any atom is -0.335 e. The van der Waals surface area contributed by atoms with Crippen LogP contribution in [0.1, 0.15) is 44.2 Å². The fourth-order valence-corrected chi connectivity index (χ4v) is 6.96. The standard InChI is InChI=1S/C27H27F3N2.C20H16ClFN2O2/c28-27(29,30)25-15-13-22(14-16-25)8-7-17-31-18-20-32(21-19-31)26(23-9-3-1-4-10-23)24-11-5-2-6-12-24;21-17-6-1-15(2-7-17)3-10-19(25)23-11-13-24(14-12-23)20(26)16-4-8-18(22)9-5-16/h1-16,26H,17-21H2;1-2,4-9H,11-14H2. The molecule has 298 valence electrons. The van der Waals surface area contributed by atoms with Gasteiger partial charge in [-0.15, -0.1) is 0 Å². The molecule has 0 N–H and O–H groups in total. The van der Waals surface area contributed by atoms with Gasteiger partial charge in [0.1, 0.15) is 5.82 Å². The first-order valence-electron chi connectivity index (χ1n) is 19.0. The van der Waals surface area contributed by atoms with Crippen molar-refractivity contribution in [2.75, 3.05) is 58.9 Å². The predicted octanol–water partition coefficient (Wildman–Crippen LogP) is 8.94. The Bertz CT molecular complexity index is 2130. The van der Waals surface area contributed by atoms with Gasteiger partial charge < -0.3 is 9.80 Å². The number of alkyl halides is 3. The molecule has 0 radical (unpaired) electrons. The molecule has 2 amide bonds. The molecule has 2 saturated heterocycles. The summed E-state index contributed by atoms with van der Waals surface area (Å²) in [5, 5.41) is 0.615. The van der Waals surface area contributed by atoms with Crippen molar-refractivity contribution in [3.8, 4) is 11.8 Å². The van der Waals surface area contributed by atoms with Crippen molar-refractivity contribution < 1.29 is 27.2 Å². The normalized spacial score (nSPS) is 15.1. The molecule has 0 aliphatic carbocycles. The van der Waals surface area contributed by atoms with Crippen LogP contribution in [0.2, 0.25) is 5.02 Å². The third-order valence-electron chi connectivity index (χ3n) is 10.0. The highest BCUT2D eigenvalue weighted by Gasteiger charge is 2.30. The maximum atomic E-state index is 13.0. The van der Waals surface area contributed by atoms with E-state index in [2.05, 4.69) is 70.2 Å². The second-order valence-corrected chi connectivity index (χ2v) is 14.4. The van der Waals surface area contributed by atoms with Crippen molar-refractivity contribution in [1.29, 1.82) is 0 Å². The molecule has 0 bridgehead atoms.